The van der Waals surface area contributed by atoms with Crippen LogP contribution in [0, 0.1) is 5.92 Å². The van der Waals surface area contributed by atoms with Gasteiger partial charge in [0.1, 0.15) is 5.75 Å². The molecule has 0 radical (unpaired) electrons. The van der Waals surface area contributed by atoms with Gasteiger partial charge >= 0.3 is 0 Å². The molecule has 31 heavy (non-hydrogen) atoms. The van der Waals surface area contributed by atoms with E-state index in [0.29, 0.717) is 16.4 Å². The molecule has 4 rings (SSSR count). The second-order valence-corrected chi connectivity index (χ2v) is 9.32. The second-order valence-electron chi connectivity index (χ2n) is 8.24. The largest absolute Gasteiger partial charge is 0.496 e. The zero-order valence-corrected chi connectivity index (χ0v) is 19.0. The van der Waals surface area contributed by atoms with Crippen molar-refractivity contribution in [3.05, 3.63) is 58.5 Å². The number of anilines is 1. The number of carbonyl (C=O) groups excluding carboxylic acids is 2. The van der Waals surface area contributed by atoms with Crippen LogP contribution in [0.1, 0.15) is 48.5 Å². The number of nitrogens with one attached hydrogen (secondary N) is 1. The Hall–Kier alpha value is -2.73. The van der Waals surface area contributed by atoms with Crippen LogP contribution >= 0.6 is 11.8 Å². The maximum absolute atomic E-state index is 13.0. The average molecular weight is 437 g/mol. The highest BCUT2D eigenvalue weighted by molar-refractivity contribution is 8.04. The van der Waals surface area contributed by atoms with Crippen molar-refractivity contribution in [3.63, 3.8) is 0 Å². The minimum absolute atomic E-state index is 0.0669. The van der Waals surface area contributed by atoms with Crippen molar-refractivity contribution in [3.8, 4) is 5.75 Å². The fraction of sp³-hybridized carbons (Fsp3) is 0.360. The highest BCUT2D eigenvalue weighted by Crippen LogP contribution is 2.42. The van der Waals surface area contributed by atoms with Crippen LogP contribution in [0.15, 0.2) is 52.3 Å². The van der Waals surface area contributed by atoms with Gasteiger partial charge in [-0.25, -0.2) is 0 Å². The predicted octanol–water partition coefficient (Wildman–Crippen LogP) is 5.11. The molecular weight excluding hydrogens is 408 g/mol. The summed E-state index contributed by atoms with van der Waals surface area (Å²) in [4.78, 5) is 29.1. The molecule has 6 heteroatoms. The van der Waals surface area contributed by atoms with Gasteiger partial charge in [0.25, 0.3) is 11.8 Å². The number of rotatable bonds is 4. The van der Waals surface area contributed by atoms with Crippen molar-refractivity contribution >= 4 is 35.3 Å². The molecule has 2 aromatic rings. The molecule has 1 fully saturated rings. The highest BCUT2D eigenvalue weighted by atomic mass is 32.2. The van der Waals surface area contributed by atoms with Crippen LogP contribution in [0.5, 0.6) is 5.75 Å². The summed E-state index contributed by atoms with van der Waals surface area (Å²) >= 11 is 1.42. The van der Waals surface area contributed by atoms with E-state index in [4.69, 9.17) is 4.74 Å². The molecule has 2 amide bonds. The number of hydrogen-bond donors (Lipinski definition) is 1. The number of amides is 2. The first-order chi connectivity index (χ1) is 15.0. The quantitative estimate of drug-likeness (QED) is 0.677. The Balaban J connectivity index is 1.57. The number of benzene rings is 2. The molecule has 0 spiro atoms. The lowest BCUT2D eigenvalue weighted by Crippen LogP contribution is -2.41. The van der Waals surface area contributed by atoms with E-state index in [1.807, 2.05) is 48.5 Å². The van der Waals surface area contributed by atoms with E-state index in [9.17, 15) is 9.59 Å². The summed E-state index contributed by atoms with van der Waals surface area (Å²) in [6.07, 6.45) is 6.44. The van der Waals surface area contributed by atoms with Gasteiger partial charge in [0.2, 0.25) is 0 Å². The molecule has 162 valence electrons. The van der Waals surface area contributed by atoms with Gasteiger partial charge in [-0.3, -0.25) is 9.59 Å². The minimum atomic E-state index is -0.0955. The molecule has 2 aromatic carbocycles. The van der Waals surface area contributed by atoms with Crippen LogP contribution < -0.4 is 15.0 Å². The van der Waals surface area contributed by atoms with Gasteiger partial charge in [0.05, 0.1) is 17.7 Å². The lowest BCUT2D eigenvalue weighted by molar-refractivity contribution is -0.114. The Bertz CT molecular complexity index is 1030. The Morgan fingerprint density at radius 2 is 1.97 bits per heavy atom. The molecular formula is C25H28N2O3S. The van der Waals surface area contributed by atoms with E-state index < -0.39 is 0 Å². The Morgan fingerprint density at radius 3 is 2.74 bits per heavy atom. The molecule has 2 aliphatic rings. The van der Waals surface area contributed by atoms with E-state index in [2.05, 4.69) is 12.2 Å². The number of hydrogen-bond acceptors (Lipinski definition) is 4. The summed E-state index contributed by atoms with van der Waals surface area (Å²) in [5, 5.41) is 3.20. The van der Waals surface area contributed by atoms with Crippen molar-refractivity contribution in [1.82, 2.24) is 5.32 Å². The third-order valence-electron chi connectivity index (χ3n) is 6.17. The third kappa shape index (κ3) is 4.49. The van der Waals surface area contributed by atoms with Crippen molar-refractivity contribution in [1.29, 1.82) is 0 Å². The smallest absolute Gasteiger partial charge is 0.264 e. The number of likely N-dealkylation sites (N-methyl/N-ethyl adjacent to an activating group) is 1. The van der Waals surface area contributed by atoms with Gasteiger partial charge in [-0.1, -0.05) is 49.7 Å². The van der Waals surface area contributed by atoms with Crippen LogP contribution in [-0.4, -0.2) is 32.0 Å². The summed E-state index contributed by atoms with van der Waals surface area (Å²) in [5.74, 6) is 1.06. The average Bonchev–Trinajstić information content (AvgIpc) is 2.79. The van der Waals surface area contributed by atoms with E-state index in [-0.39, 0.29) is 17.9 Å². The molecule has 1 N–H and O–H groups in total. The number of thioether (sulfide) groups is 1. The van der Waals surface area contributed by atoms with Crippen LogP contribution in [0.25, 0.3) is 6.08 Å². The molecule has 1 heterocycles. The van der Waals surface area contributed by atoms with Crippen LogP contribution in [0.2, 0.25) is 0 Å². The first-order valence-electron chi connectivity index (χ1n) is 10.7. The summed E-state index contributed by atoms with van der Waals surface area (Å²) < 4.78 is 5.41. The van der Waals surface area contributed by atoms with Crippen molar-refractivity contribution in [2.75, 3.05) is 19.1 Å². The molecule has 1 aliphatic heterocycles. The standard InChI is InChI=1S/C25H28N2O3S/c1-16-8-4-6-10-19(16)26-24(28)18-12-13-22-20(14-18)27(2)25(29)23(31-22)15-17-9-5-7-11-21(17)30-3/h5,7,9,11-16,19H,4,6,8,10H2,1-3H3,(H,26,28). The van der Waals surface area contributed by atoms with Gasteiger partial charge in [-0.05, 0) is 49.1 Å². The van der Waals surface area contributed by atoms with E-state index in [0.717, 1.165) is 41.2 Å². The normalized spacial score (nSPS) is 22.2. The van der Waals surface area contributed by atoms with Crippen molar-refractivity contribution in [2.24, 2.45) is 5.92 Å². The molecule has 2 atom stereocenters. The Labute approximate surface area is 187 Å². The first-order valence-corrected chi connectivity index (χ1v) is 11.5. The molecule has 1 saturated carbocycles. The van der Waals surface area contributed by atoms with Crippen molar-refractivity contribution in [2.45, 2.75) is 43.5 Å². The molecule has 0 aromatic heterocycles. The number of methoxy groups -OCH3 is 1. The monoisotopic (exact) mass is 436 g/mol. The Morgan fingerprint density at radius 1 is 1.19 bits per heavy atom. The lowest BCUT2D eigenvalue weighted by atomic mass is 9.86. The summed E-state index contributed by atoms with van der Waals surface area (Å²) in [6.45, 7) is 2.20. The molecule has 0 saturated heterocycles. The second kappa shape index (κ2) is 9.18. The van der Waals surface area contributed by atoms with Gasteiger partial charge in [0, 0.05) is 29.1 Å². The predicted molar refractivity (Wildman–Crippen MR) is 126 cm³/mol. The summed E-state index contributed by atoms with van der Waals surface area (Å²) in [6, 6.07) is 13.4. The van der Waals surface area contributed by atoms with E-state index in [1.165, 1.54) is 18.2 Å². The van der Waals surface area contributed by atoms with Crippen LogP contribution in [-0.2, 0) is 4.79 Å². The van der Waals surface area contributed by atoms with Crippen LogP contribution in [0.3, 0.4) is 0 Å². The molecule has 2 unspecified atom stereocenters. The van der Waals surface area contributed by atoms with E-state index >= 15 is 0 Å². The number of para-hydroxylation sites is 1. The van der Waals surface area contributed by atoms with Gasteiger partial charge in [-0.2, -0.15) is 0 Å². The minimum Gasteiger partial charge on any atom is -0.496 e. The molecule has 1 aliphatic carbocycles. The SMILES string of the molecule is COc1ccccc1C=C1Sc2ccc(C(=O)NC3CCCCC3C)cc2N(C)C1=O. The van der Waals surface area contributed by atoms with Gasteiger partial charge in [0.15, 0.2) is 0 Å². The van der Waals surface area contributed by atoms with Crippen molar-refractivity contribution < 1.29 is 14.3 Å². The first kappa shape index (κ1) is 21.5. The van der Waals surface area contributed by atoms with Gasteiger partial charge in [-0.15, -0.1) is 0 Å². The van der Waals surface area contributed by atoms with E-state index in [1.54, 1.807) is 19.1 Å². The van der Waals surface area contributed by atoms with Gasteiger partial charge < -0.3 is 15.0 Å². The topological polar surface area (TPSA) is 58.6 Å². The highest BCUT2D eigenvalue weighted by Gasteiger charge is 2.28. The van der Waals surface area contributed by atoms with Crippen LogP contribution in [0.4, 0.5) is 5.69 Å². The zero-order chi connectivity index (χ0) is 22.0. The molecule has 5 nitrogen and oxygen atoms in total. The maximum atomic E-state index is 13.0. The number of nitrogens with zero attached hydrogens (tertiary/aromatic N) is 1. The fourth-order valence-corrected chi connectivity index (χ4v) is 5.33. The summed E-state index contributed by atoms with van der Waals surface area (Å²) in [7, 11) is 3.37. The fourth-order valence-electron chi connectivity index (χ4n) is 4.24. The lowest BCUT2D eigenvalue weighted by Gasteiger charge is -2.30. The zero-order valence-electron chi connectivity index (χ0n) is 18.2. The maximum Gasteiger partial charge on any atom is 0.264 e. The third-order valence-corrected chi connectivity index (χ3v) is 7.25. The number of fused-ring (bicyclic) bond motifs is 1. The Kier molecular flexibility index (Phi) is 6.37. The number of carbonyl (C=O) groups is 2. The molecule has 0 bridgehead atoms. The summed E-state index contributed by atoms with van der Waals surface area (Å²) in [5.41, 5.74) is 2.21. The number of ether oxygens (including phenoxy) is 1.